The predicted molar refractivity (Wildman–Crippen MR) is 107 cm³/mol. The fourth-order valence-electron chi connectivity index (χ4n) is 2.73. The van der Waals surface area contributed by atoms with Crippen LogP contribution in [0.3, 0.4) is 0 Å². The number of nitrogens with zero attached hydrogens (tertiary/aromatic N) is 2. The van der Waals surface area contributed by atoms with Crippen molar-refractivity contribution in [3.63, 3.8) is 0 Å². The van der Waals surface area contributed by atoms with Gasteiger partial charge in [-0.1, -0.05) is 66.4 Å². The fourth-order valence-corrected chi connectivity index (χ4v) is 3.47. The van der Waals surface area contributed by atoms with Crippen LogP contribution >= 0.6 is 11.8 Å². The summed E-state index contributed by atoms with van der Waals surface area (Å²) < 4.78 is 26.3. The van der Waals surface area contributed by atoms with Crippen molar-refractivity contribution in [1.82, 2.24) is 15.2 Å². The number of aromatic amines is 1. The van der Waals surface area contributed by atoms with Crippen LogP contribution in [0.15, 0.2) is 78.0 Å². The SMILES string of the molecule is Fc1ccc(CSc2n[nH]c(Nc3ccccc3-c3ccccc3)n2)cc1F. The number of benzene rings is 3. The molecule has 2 N–H and O–H groups in total. The lowest BCUT2D eigenvalue weighted by Gasteiger charge is -2.09. The number of hydrogen-bond donors (Lipinski definition) is 2. The van der Waals surface area contributed by atoms with Gasteiger partial charge in [0, 0.05) is 17.0 Å². The van der Waals surface area contributed by atoms with Crippen LogP contribution < -0.4 is 5.32 Å². The Morgan fingerprint density at radius 2 is 1.68 bits per heavy atom. The van der Waals surface area contributed by atoms with Crippen molar-refractivity contribution >= 4 is 23.4 Å². The highest BCUT2D eigenvalue weighted by atomic mass is 32.2. The maximum absolute atomic E-state index is 13.3. The van der Waals surface area contributed by atoms with Crippen molar-refractivity contribution < 1.29 is 8.78 Å². The second-order valence-corrected chi connectivity index (χ2v) is 6.98. The van der Waals surface area contributed by atoms with Crippen molar-refractivity contribution in [3.05, 3.63) is 90.0 Å². The van der Waals surface area contributed by atoms with Gasteiger partial charge in [0.15, 0.2) is 11.6 Å². The summed E-state index contributed by atoms with van der Waals surface area (Å²) in [5, 5.41) is 10.8. The van der Waals surface area contributed by atoms with Crippen molar-refractivity contribution in [1.29, 1.82) is 0 Å². The summed E-state index contributed by atoms with van der Waals surface area (Å²) in [6.45, 7) is 0. The summed E-state index contributed by atoms with van der Waals surface area (Å²) >= 11 is 1.34. The average molecular weight is 394 g/mol. The van der Waals surface area contributed by atoms with E-state index in [4.69, 9.17) is 0 Å². The first-order valence-corrected chi connectivity index (χ1v) is 9.58. The number of H-pyrrole nitrogens is 1. The Morgan fingerprint density at radius 3 is 2.50 bits per heavy atom. The Morgan fingerprint density at radius 1 is 0.893 bits per heavy atom. The molecule has 0 spiro atoms. The van der Waals surface area contributed by atoms with Crippen molar-refractivity contribution in [2.45, 2.75) is 10.9 Å². The molecule has 0 saturated heterocycles. The molecular weight excluding hydrogens is 378 g/mol. The van der Waals surface area contributed by atoms with E-state index < -0.39 is 11.6 Å². The van der Waals surface area contributed by atoms with Crippen LogP contribution in [0.25, 0.3) is 11.1 Å². The number of para-hydroxylation sites is 1. The number of nitrogens with one attached hydrogen (secondary N) is 2. The first-order chi connectivity index (χ1) is 13.7. The predicted octanol–water partition coefficient (Wildman–Crippen LogP) is 5.79. The third-order valence-corrected chi connectivity index (χ3v) is 5.00. The molecule has 4 aromatic rings. The van der Waals surface area contributed by atoms with E-state index in [1.165, 1.54) is 17.8 Å². The Labute approximate surface area is 165 Å². The maximum Gasteiger partial charge on any atom is 0.224 e. The van der Waals surface area contributed by atoms with Crippen LogP contribution in [0.2, 0.25) is 0 Å². The van der Waals surface area contributed by atoms with Crippen LogP contribution in [0.1, 0.15) is 5.56 Å². The molecule has 3 aromatic carbocycles. The molecule has 0 atom stereocenters. The van der Waals surface area contributed by atoms with E-state index >= 15 is 0 Å². The molecule has 0 aliphatic rings. The van der Waals surface area contributed by atoms with Gasteiger partial charge < -0.3 is 5.32 Å². The molecule has 7 heteroatoms. The fraction of sp³-hybridized carbons (Fsp3) is 0.0476. The van der Waals surface area contributed by atoms with E-state index in [9.17, 15) is 8.78 Å². The first kappa shape index (κ1) is 18.2. The Bertz CT molecular complexity index is 1080. The van der Waals surface area contributed by atoms with Gasteiger partial charge >= 0.3 is 0 Å². The molecule has 0 amide bonds. The van der Waals surface area contributed by atoms with Crippen molar-refractivity contribution in [2.24, 2.45) is 0 Å². The highest BCUT2D eigenvalue weighted by Crippen LogP contribution is 2.29. The van der Waals surface area contributed by atoms with Crippen LogP contribution in [0.5, 0.6) is 0 Å². The third-order valence-electron chi connectivity index (χ3n) is 4.08. The summed E-state index contributed by atoms with van der Waals surface area (Å²) in [4.78, 5) is 4.41. The largest absolute Gasteiger partial charge is 0.324 e. The van der Waals surface area contributed by atoms with Crippen LogP contribution in [-0.4, -0.2) is 15.2 Å². The molecular formula is C21H16F2N4S. The molecule has 0 fully saturated rings. The lowest BCUT2D eigenvalue weighted by molar-refractivity contribution is 0.507. The molecule has 1 aromatic heterocycles. The second kappa shape index (κ2) is 8.22. The second-order valence-electron chi connectivity index (χ2n) is 6.04. The highest BCUT2D eigenvalue weighted by Gasteiger charge is 2.09. The standard InChI is InChI=1S/C21H16F2N4S/c22-17-11-10-14(12-18(17)23)13-28-21-25-20(26-27-21)24-19-9-5-4-8-16(19)15-6-2-1-3-7-15/h1-12H,13H2,(H2,24,25,26,27). The zero-order chi connectivity index (χ0) is 19.3. The maximum atomic E-state index is 13.3. The summed E-state index contributed by atoms with van der Waals surface area (Å²) in [5.41, 5.74) is 3.72. The van der Waals surface area contributed by atoms with Gasteiger partial charge in [0.1, 0.15) is 0 Å². The van der Waals surface area contributed by atoms with Gasteiger partial charge in [-0.25, -0.2) is 13.9 Å². The van der Waals surface area contributed by atoms with Gasteiger partial charge in [-0.3, -0.25) is 0 Å². The Kier molecular flexibility index (Phi) is 5.34. The first-order valence-electron chi connectivity index (χ1n) is 8.59. The minimum atomic E-state index is -0.854. The van der Waals surface area contributed by atoms with E-state index in [1.54, 1.807) is 6.07 Å². The summed E-state index contributed by atoms with van der Waals surface area (Å²) in [7, 11) is 0. The normalized spacial score (nSPS) is 10.8. The summed E-state index contributed by atoms with van der Waals surface area (Å²) in [6, 6.07) is 21.8. The van der Waals surface area contributed by atoms with Gasteiger partial charge in [0.05, 0.1) is 0 Å². The minimum Gasteiger partial charge on any atom is -0.324 e. The smallest absolute Gasteiger partial charge is 0.224 e. The Balaban J connectivity index is 1.46. The van der Waals surface area contributed by atoms with Gasteiger partial charge in [0.25, 0.3) is 0 Å². The van der Waals surface area contributed by atoms with Crippen LogP contribution in [-0.2, 0) is 5.75 Å². The monoisotopic (exact) mass is 394 g/mol. The summed E-state index contributed by atoms with van der Waals surface area (Å²) in [6.07, 6.45) is 0. The van der Waals surface area contributed by atoms with E-state index in [2.05, 4.69) is 20.5 Å². The van der Waals surface area contributed by atoms with Crippen molar-refractivity contribution in [2.75, 3.05) is 5.32 Å². The zero-order valence-electron chi connectivity index (χ0n) is 14.7. The molecule has 1 heterocycles. The average Bonchev–Trinajstić information content (AvgIpc) is 3.17. The minimum absolute atomic E-state index is 0.440. The molecule has 0 aliphatic carbocycles. The molecule has 0 saturated carbocycles. The Hall–Kier alpha value is -3.19. The van der Waals surface area contributed by atoms with Crippen LogP contribution in [0.4, 0.5) is 20.4 Å². The van der Waals surface area contributed by atoms with Crippen molar-refractivity contribution in [3.8, 4) is 11.1 Å². The van der Waals surface area contributed by atoms with E-state index in [1.807, 2.05) is 54.6 Å². The molecule has 0 bridgehead atoms. The van der Waals surface area contributed by atoms with Gasteiger partial charge in [-0.05, 0) is 29.3 Å². The van der Waals surface area contributed by atoms with E-state index in [0.29, 0.717) is 22.4 Å². The topological polar surface area (TPSA) is 53.6 Å². The van der Waals surface area contributed by atoms with Crippen LogP contribution in [0, 0.1) is 11.6 Å². The molecule has 28 heavy (non-hydrogen) atoms. The number of anilines is 2. The number of aromatic nitrogens is 3. The lowest BCUT2D eigenvalue weighted by atomic mass is 10.0. The molecule has 140 valence electrons. The van der Waals surface area contributed by atoms with E-state index in [-0.39, 0.29) is 0 Å². The number of thioether (sulfide) groups is 1. The molecule has 0 aliphatic heterocycles. The molecule has 0 unspecified atom stereocenters. The van der Waals surface area contributed by atoms with Gasteiger partial charge in [-0.15, -0.1) is 5.10 Å². The quantitative estimate of drug-likeness (QED) is 0.407. The molecule has 4 rings (SSSR count). The molecule has 4 nitrogen and oxygen atoms in total. The van der Waals surface area contributed by atoms with Gasteiger partial charge in [-0.2, -0.15) is 4.98 Å². The number of rotatable bonds is 6. The van der Waals surface area contributed by atoms with E-state index in [0.717, 1.165) is 22.9 Å². The lowest BCUT2D eigenvalue weighted by Crippen LogP contribution is -1.95. The summed E-state index contributed by atoms with van der Waals surface area (Å²) in [5.74, 6) is -0.755. The zero-order valence-corrected chi connectivity index (χ0v) is 15.5. The molecule has 0 radical (unpaired) electrons. The third kappa shape index (κ3) is 4.20. The number of halogens is 2. The number of hydrogen-bond acceptors (Lipinski definition) is 4. The highest BCUT2D eigenvalue weighted by molar-refractivity contribution is 7.98. The van der Waals surface area contributed by atoms with Gasteiger partial charge in [0.2, 0.25) is 11.1 Å².